The number of rotatable bonds is 11. The number of nitrogens with zero attached hydrogens (tertiary/aromatic N) is 2. The predicted molar refractivity (Wildman–Crippen MR) is 138 cm³/mol. The average Bonchev–Trinajstić information content (AvgIpc) is 2.81. The van der Waals surface area contributed by atoms with E-state index in [4.69, 9.17) is 18.9 Å². The number of ether oxygens (including phenoxy) is 4. The van der Waals surface area contributed by atoms with Crippen molar-refractivity contribution in [3.05, 3.63) is 23.8 Å². The molecule has 2 atom stereocenters. The number of benzene rings is 1. The molecule has 1 aliphatic heterocycles. The highest BCUT2D eigenvalue weighted by Gasteiger charge is 2.38. The number of likely N-dealkylation sites (tertiary alicyclic amines) is 1. The van der Waals surface area contributed by atoms with Crippen LogP contribution >= 0.6 is 0 Å². The number of hydrogen-bond donors (Lipinski definition) is 1. The van der Waals surface area contributed by atoms with Crippen LogP contribution in [0.25, 0.3) is 0 Å². The lowest BCUT2D eigenvalue weighted by Gasteiger charge is -2.45. The molecule has 0 aliphatic carbocycles. The van der Waals surface area contributed by atoms with Crippen molar-refractivity contribution in [2.24, 2.45) is 0 Å². The Kier molecular flexibility index (Phi) is 11.3. The molecule has 9 heteroatoms. The summed E-state index contributed by atoms with van der Waals surface area (Å²) in [6, 6.07) is 4.79. The number of carbonyl (C=O) groups is 2. The zero-order chi connectivity index (χ0) is 26.9. The van der Waals surface area contributed by atoms with E-state index in [1.807, 2.05) is 39.5 Å². The highest BCUT2D eigenvalue weighted by atomic mass is 16.6. The van der Waals surface area contributed by atoms with Crippen molar-refractivity contribution in [1.82, 2.24) is 9.80 Å². The molecule has 2 rings (SSSR count). The van der Waals surface area contributed by atoms with Crippen LogP contribution in [0.1, 0.15) is 70.7 Å². The fourth-order valence-electron chi connectivity index (χ4n) is 4.51. The molecule has 1 saturated heterocycles. The summed E-state index contributed by atoms with van der Waals surface area (Å²) in [4.78, 5) is 30.3. The Labute approximate surface area is 215 Å². The van der Waals surface area contributed by atoms with Gasteiger partial charge in [-0.15, -0.1) is 0 Å². The van der Waals surface area contributed by atoms with Crippen molar-refractivity contribution < 1.29 is 33.6 Å². The lowest BCUT2D eigenvalue weighted by Crippen LogP contribution is -2.57. The van der Waals surface area contributed by atoms with Gasteiger partial charge in [0.05, 0.1) is 19.8 Å². The molecular formula is C27H44N2O7. The standard InChI is InChI=1S/C27H44N2O7/c1-19(2)29(22-11-10-21(13-14-30)28(18-22)26(32)36-27(3,4)5)25(31)20-9-12-23(34-7)24(17-20)35-16-8-15-33-6/h9,12,17,19,21-22,30H,8,10-11,13-16,18H2,1-7H3/t21-,22?/m0/s1. The lowest BCUT2D eigenvalue weighted by molar-refractivity contribution is -0.00992. The predicted octanol–water partition coefficient (Wildman–Crippen LogP) is 4.11. The van der Waals surface area contributed by atoms with E-state index in [2.05, 4.69) is 0 Å². The first-order chi connectivity index (χ1) is 17.0. The van der Waals surface area contributed by atoms with Gasteiger partial charge in [-0.05, 0) is 72.1 Å². The van der Waals surface area contributed by atoms with Gasteiger partial charge in [0.25, 0.3) is 5.91 Å². The van der Waals surface area contributed by atoms with E-state index >= 15 is 0 Å². The molecule has 1 unspecified atom stereocenters. The molecule has 0 aromatic heterocycles. The van der Waals surface area contributed by atoms with Gasteiger partial charge >= 0.3 is 6.09 Å². The minimum Gasteiger partial charge on any atom is -0.493 e. The summed E-state index contributed by atoms with van der Waals surface area (Å²) in [6.07, 6.45) is 2.18. The summed E-state index contributed by atoms with van der Waals surface area (Å²) >= 11 is 0. The number of aliphatic hydroxyl groups excluding tert-OH is 1. The van der Waals surface area contributed by atoms with Crippen molar-refractivity contribution in [1.29, 1.82) is 0 Å². The van der Waals surface area contributed by atoms with E-state index in [0.717, 1.165) is 6.42 Å². The third kappa shape index (κ3) is 8.27. The quantitative estimate of drug-likeness (QED) is 0.449. The smallest absolute Gasteiger partial charge is 0.410 e. The van der Waals surface area contributed by atoms with Crippen LogP contribution in [0.3, 0.4) is 0 Å². The number of piperidine rings is 1. The van der Waals surface area contributed by atoms with Crippen LogP contribution in [0.5, 0.6) is 11.5 Å². The van der Waals surface area contributed by atoms with Gasteiger partial charge in [-0.3, -0.25) is 4.79 Å². The molecule has 2 amide bonds. The molecule has 0 bridgehead atoms. The van der Waals surface area contributed by atoms with Crippen molar-refractivity contribution in [3.8, 4) is 11.5 Å². The Bertz CT molecular complexity index is 853. The Hall–Kier alpha value is -2.52. The van der Waals surface area contributed by atoms with Crippen LogP contribution in [0.2, 0.25) is 0 Å². The van der Waals surface area contributed by atoms with Gasteiger partial charge in [0.15, 0.2) is 11.5 Å². The van der Waals surface area contributed by atoms with Gasteiger partial charge < -0.3 is 33.9 Å². The first-order valence-electron chi connectivity index (χ1n) is 12.7. The number of amides is 2. The monoisotopic (exact) mass is 508 g/mol. The Morgan fingerprint density at radius 3 is 2.44 bits per heavy atom. The molecule has 0 saturated carbocycles. The van der Waals surface area contributed by atoms with E-state index in [0.29, 0.717) is 56.1 Å². The molecule has 1 aromatic carbocycles. The topological polar surface area (TPSA) is 97.8 Å². The van der Waals surface area contributed by atoms with E-state index in [1.165, 1.54) is 0 Å². The number of methoxy groups -OCH3 is 2. The van der Waals surface area contributed by atoms with E-state index in [1.54, 1.807) is 37.3 Å². The zero-order valence-electron chi connectivity index (χ0n) is 22.9. The summed E-state index contributed by atoms with van der Waals surface area (Å²) in [5.74, 6) is 0.926. The Morgan fingerprint density at radius 1 is 1.14 bits per heavy atom. The highest BCUT2D eigenvalue weighted by Crippen LogP contribution is 2.31. The van der Waals surface area contributed by atoms with Crippen LogP contribution in [-0.4, -0.2) is 91.2 Å². The maximum atomic E-state index is 13.8. The van der Waals surface area contributed by atoms with Crippen molar-refractivity contribution in [2.45, 2.75) is 84.0 Å². The molecule has 36 heavy (non-hydrogen) atoms. The van der Waals surface area contributed by atoms with Gasteiger partial charge in [-0.1, -0.05) is 0 Å². The minimum absolute atomic E-state index is 0.0134. The molecular weight excluding hydrogens is 464 g/mol. The molecule has 0 radical (unpaired) electrons. The first-order valence-corrected chi connectivity index (χ1v) is 12.7. The van der Waals surface area contributed by atoms with Gasteiger partial charge in [-0.25, -0.2) is 4.79 Å². The number of carbonyl (C=O) groups excluding carboxylic acids is 2. The third-order valence-corrected chi connectivity index (χ3v) is 6.12. The first kappa shape index (κ1) is 29.7. The van der Waals surface area contributed by atoms with Gasteiger partial charge in [0.2, 0.25) is 0 Å². The van der Waals surface area contributed by atoms with Gasteiger partial charge in [0.1, 0.15) is 5.60 Å². The molecule has 1 heterocycles. The molecule has 1 N–H and O–H groups in total. The second-order valence-corrected chi connectivity index (χ2v) is 10.4. The summed E-state index contributed by atoms with van der Waals surface area (Å²) in [6.45, 7) is 10.8. The summed E-state index contributed by atoms with van der Waals surface area (Å²) in [5, 5.41) is 9.54. The number of aliphatic hydroxyl groups is 1. The lowest BCUT2D eigenvalue weighted by atomic mass is 9.94. The zero-order valence-corrected chi connectivity index (χ0v) is 22.9. The Balaban J connectivity index is 2.27. The molecule has 1 fully saturated rings. The van der Waals surface area contributed by atoms with Gasteiger partial charge in [0, 0.05) is 50.9 Å². The van der Waals surface area contributed by atoms with Crippen molar-refractivity contribution >= 4 is 12.0 Å². The second kappa shape index (κ2) is 13.7. The van der Waals surface area contributed by atoms with Crippen LogP contribution in [0, 0.1) is 0 Å². The van der Waals surface area contributed by atoms with E-state index < -0.39 is 11.7 Å². The van der Waals surface area contributed by atoms with E-state index in [-0.39, 0.29) is 30.6 Å². The third-order valence-electron chi connectivity index (χ3n) is 6.12. The highest BCUT2D eigenvalue weighted by molar-refractivity contribution is 5.95. The van der Waals surface area contributed by atoms with Crippen molar-refractivity contribution in [3.63, 3.8) is 0 Å². The second-order valence-electron chi connectivity index (χ2n) is 10.4. The average molecular weight is 509 g/mol. The van der Waals surface area contributed by atoms with Crippen LogP contribution in [0.15, 0.2) is 18.2 Å². The molecule has 204 valence electrons. The molecule has 1 aromatic rings. The summed E-state index contributed by atoms with van der Waals surface area (Å²) < 4.78 is 22.0. The van der Waals surface area contributed by atoms with Crippen molar-refractivity contribution in [2.75, 3.05) is 40.6 Å². The normalized spacial score (nSPS) is 18.2. The van der Waals surface area contributed by atoms with Crippen LogP contribution in [0.4, 0.5) is 4.79 Å². The maximum absolute atomic E-state index is 13.8. The fourth-order valence-corrected chi connectivity index (χ4v) is 4.51. The molecule has 1 aliphatic rings. The largest absolute Gasteiger partial charge is 0.493 e. The molecule has 0 spiro atoms. The minimum atomic E-state index is -0.635. The maximum Gasteiger partial charge on any atom is 0.410 e. The van der Waals surface area contributed by atoms with Gasteiger partial charge in [-0.2, -0.15) is 0 Å². The fraction of sp³-hybridized carbons (Fsp3) is 0.704. The van der Waals surface area contributed by atoms with E-state index in [9.17, 15) is 14.7 Å². The number of hydrogen-bond acceptors (Lipinski definition) is 7. The molecule has 9 nitrogen and oxygen atoms in total. The summed E-state index contributed by atoms with van der Waals surface area (Å²) in [7, 11) is 3.21. The van der Waals surface area contributed by atoms with Crippen LogP contribution in [-0.2, 0) is 9.47 Å². The van der Waals surface area contributed by atoms with Crippen LogP contribution < -0.4 is 9.47 Å². The Morgan fingerprint density at radius 2 is 1.86 bits per heavy atom. The summed E-state index contributed by atoms with van der Waals surface area (Å²) in [5.41, 5.74) is -0.142. The SMILES string of the molecule is COCCCOc1cc(C(=O)N(C(C)C)C2CC[C@@H](CCO)N(C(=O)OC(C)(C)C)C2)ccc1OC.